The fourth-order valence-corrected chi connectivity index (χ4v) is 0.755. The number of halogens is 2. The van der Waals surface area contributed by atoms with Gasteiger partial charge in [-0.05, 0) is 6.07 Å². The standard InChI is InChI=1S/C7H5F2NS/c8-7(9)6-2-1-5(4-11)3-10-6/h1-4,7H. The predicted molar refractivity (Wildman–Crippen MR) is 42.0 cm³/mol. The molecule has 0 aliphatic heterocycles. The zero-order chi connectivity index (χ0) is 8.27. The van der Waals surface area contributed by atoms with E-state index in [0.717, 1.165) is 0 Å². The fraction of sp³-hybridized carbons (Fsp3) is 0.143. The van der Waals surface area contributed by atoms with E-state index in [1.807, 2.05) is 0 Å². The van der Waals surface area contributed by atoms with E-state index in [9.17, 15) is 8.78 Å². The van der Waals surface area contributed by atoms with E-state index in [-0.39, 0.29) is 5.69 Å². The molecule has 11 heavy (non-hydrogen) atoms. The van der Waals surface area contributed by atoms with E-state index >= 15 is 0 Å². The Kier molecular flexibility index (Phi) is 2.59. The summed E-state index contributed by atoms with van der Waals surface area (Å²) in [4.78, 5) is 3.50. The van der Waals surface area contributed by atoms with Gasteiger partial charge >= 0.3 is 0 Å². The van der Waals surface area contributed by atoms with Crippen molar-refractivity contribution in [3.63, 3.8) is 0 Å². The number of hydrogen-bond donors (Lipinski definition) is 0. The molecule has 1 aromatic rings. The van der Waals surface area contributed by atoms with Gasteiger partial charge in [0.05, 0.1) is 0 Å². The first-order valence-electron chi connectivity index (χ1n) is 2.93. The molecule has 0 bridgehead atoms. The van der Waals surface area contributed by atoms with E-state index in [4.69, 9.17) is 0 Å². The summed E-state index contributed by atoms with van der Waals surface area (Å²) in [7, 11) is 0. The van der Waals surface area contributed by atoms with Crippen LogP contribution in [0.4, 0.5) is 8.78 Å². The van der Waals surface area contributed by atoms with Crippen LogP contribution >= 0.6 is 12.2 Å². The number of nitrogens with zero attached hydrogens (tertiary/aromatic N) is 1. The number of aromatic nitrogens is 1. The summed E-state index contributed by atoms with van der Waals surface area (Å²) in [6, 6.07) is 2.78. The molecule has 0 unspecified atom stereocenters. The molecule has 0 atom stereocenters. The maximum atomic E-state index is 11.9. The second-order valence-corrected chi connectivity index (χ2v) is 2.17. The molecule has 0 saturated heterocycles. The summed E-state index contributed by atoms with van der Waals surface area (Å²) in [5, 5.41) is 1.39. The molecule has 1 nitrogen and oxygen atoms in total. The minimum absolute atomic E-state index is 0.217. The van der Waals surface area contributed by atoms with E-state index in [1.165, 1.54) is 23.7 Å². The molecule has 0 fully saturated rings. The highest BCUT2D eigenvalue weighted by Crippen LogP contribution is 2.15. The summed E-state index contributed by atoms with van der Waals surface area (Å²) in [6.07, 6.45) is -1.18. The van der Waals surface area contributed by atoms with Crippen LogP contribution in [0.15, 0.2) is 18.3 Å². The molecule has 0 aliphatic rings. The second kappa shape index (κ2) is 3.48. The summed E-state index contributed by atoms with van der Waals surface area (Å²) in [5.41, 5.74) is 0.454. The van der Waals surface area contributed by atoms with Gasteiger partial charge in [-0.3, -0.25) is 4.98 Å². The number of rotatable bonds is 2. The third kappa shape index (κ3) is 2.01. The maximum absolute atomic E-state index is 11.9. The van der Waals surface area contributed by atoms with Gasteiger partial charge < -0.3 is 0 Å². The highest BCUT2D eigenvalue weighted by Gasteiger charge is 2.06. The third-order valence-electron chi connectivity index (χ3n) is 1.17. The van der Waals surface area contributed by atoms with Crippen molar-refractivity contribution in [2.45, 2.75) is 6.43 Å². The van der Waals surface area contributed by atoms with E-state index in [2.05, 4.69) is 17.2 Å². The molecule has 1 heterocycles. The third-order valence-corrected chi connectivity index (χ3v) is 1.44. The fourth-order valence-electron chi connectivity index (χ4n) is 0.616. The Morgan fingerprint density at radius 1 is 1.45 bits per heavy atom. The Balaban J connectivity index is 2.91. The van der Waals surface area contributed by atoms with Crippen LogP contribution in [0.25, 0.3) is 0 Å². The number of pyridine rings is 1. The van der Waals surface area contributed by atoms with Crippen molar-refractivity contribution in [1.29, 1.82) is 0 Å². The van der Waals surface area contributed by atoms with Crippen molar-refractivity contribution in [2.24, 2.45) is 0 Å². The van der Waals surface area contributed by atoms with Crippen molar-refractivity contribution in [3.05, 3.63) is 29.6 Å². The van der Waals surface area contributed by atoms with Crippen LogP contribution in [0.3, 0.4) is 0 Å². The lowest BCUT2D eigenvalue weighted by molar-refractivity contribution is 0.146. The van der Waals surface area contributed by atoms with E-state index < -0.39 is 6.43 Å². The van der Waals surface area contributed by atoms with Gasteiger partial charge in [-0.15, -0.1) is 0 Å². The van der Waals surface area contributed by atoms with Crippen LogP contribution < -0.4 is 0 Å². The van der Waals surface area contributed by atoms with Crippen molar-refractivity contribution in [3.8, 4) is 0 Å². The Morgan fingerprint density at radius 2 is 2.18 bits per heavy atom. The monoisotopic (exact) mass is 173 g/mol. The van der Waals surface area contributed by atoms with Crippen LogP contribution in [0.1, 0.15) is 17.7 Å². The number of thiocarbonyl (C=S) groups is 1. The van der Waals surface area contributed by atoms with Gasteiger partial charge in [0, 0.05) is 17.1 Å². The lowest BCUT2D eigenvalue weighted by atomic mass is 10.3. The first-order chi connectivity index (χ1) is 5.24. The van der Waals surface area contributed by atoms with Gasteiger partial charge in [0.1, 0.15) is 5.69 Å². The average Bonchev–Trinajstić information content (AvgIpc) is 2.05. The van der Waals surface area contributed by atoms with Gasteiger partial charge in [0.25, 0.3) is 6.43 Å². The molecule has 1 aromatic heterocycles. The van der Waals surface area contributed by atoms with Crippen LogP contribution in [-0.4, -0.2) is 10.4 Å². The van der Waals surface area contributed by atoms with Crippen molar-refractivity contribution in [1.82, 2.24) is 4.98 Å². The van der Waals surface area contributed by atoms with E-state index in [1.54, 1.807) is 0 Å². The molecule has 1 rings (SSSR count). The molecular weight excluding hydrogens is 168 g/mol. The highest BCUT2D eigenvalue weighted by molar-refractivity contribution is 7.79. The maximum Gasteiger partial charge on any atom is 0.280 e. The van der Waals surface area contributed by atoms with Crippen LogP contribution in [0.5, 0.6) is 0 Å². The van der Waals surface area contributed by atoms with Crippen molar-refractivity contribution >= 4 is 17.6 Å². The normalized spacial score (nSPS) is 10.1. The van der Waals surface area contributed by atoms with Gasteiger partial charge in [-0.1, -0.05) is 18.3 Å². The zero-order valence-corrected chi connectivity index (χ0v) is 6.31. The van der Waals surface area contributed by atoms with Gasteiger partial charge in [-0.2, -0.15) is 0 Å². The topological polar surface area (TPSA) is 12.9 Å². The largest absolute Gasteiger partial charge is 0.280 e. The SMILES string of the molecule is FC(F)c1ccc(C=S)cn1. The number of hydrogen-bond acceptors (Lipinski definition) is 2. The summed E-state index contributed by atoms with van der Waals surface area (Å²) in [5.74, 6) is 0. The first-order valence-corrected chi connectivity index (χ1v) is 3.40. The predicted octanol–water partition coefficient (Wildman–Crippen LogP) is 2.37. The summed E-state index contributed by atoms with van der Waals surface area (Å²) < 4.78 is 23.8. The van der Waals surface area contributed by atoms with Crippen LogP contribution in [-0.2, 0) is 0 Å². The Morgan fingerprint density at radius 3 is 2.55 bits per heavy atom. The molecule has 0 N–H and O–H groups in total. The molecule has 0 aliphatic carbocycles. The molecule has 4 heteroatoms. The lowest BCUT2D eigenvalue weighted by Gasteiger charge is -1.96. The van der Waals surface area contributed by atoms with Gasteiger partial charge in [0.2, 0.25) is 0 Å². The molecule has 0 spiro atoms. The minimum atomic E-state index is -2.51. The summed E-state index contributed by atoms with van der Waals surface area (Å²) >= 11 is 4.57. The summed E-state index contributed by atoms with van der Waals surface area (Å²) in [6.45, 7) is 0. The molecule has 0 radical (unpaired) electrons. The van der Waals surface area contributed by atoms with Crippen molar-refractivity contribution < 1.29 is 8.78 Å². The molecule has 0 aromatic carbocycles. The Bertz CT molecular complexity index is 245. The smallest absolute Gasteiger partial charge is 0.255 e. The zero-order valence-electron chi connectivity index (χ0n) is 5.50. The highest BCUT2D eigenvalue weighted by atomic mass is 32.1. The van der Waals surface area contributed by atoms with Gasteiger partial charge in [0.15, 0.2) is 0 Å². The Labute approximate surface area is 68.1 Å². The Hall–Kier alpha value is -0.900. The molecule has 0 amide bonds. The average molecular weight is 173 g/mol. The van der Waals surface area contributed by atoms with Gasteiger partial charge in [-0.25, -0.2) is 8.78 Å². The first kappa shape index (κ1) is 8.20. The lowest BCUT2D eigenvalue weighted by Crippen LogP contribution is -1.90. The van der Waals surface area contributed by atoms with Crippen LogP contribution in [0, 0.1) is 0 Å². The molecule has 0 saturated carbocycles. The van der Waals surface area contributed by atoms with Crippen LogP contribution in [0.2, 0.25) is 0 Å². The van der Waals surface area contributed by atoms with E-state index in [0.29, 0.717) is 5.56 Å². The van der Waals surface area contributed by atoms with Crippen molar-refractivity contribution in [2.75, 3.05) is 0 Å². The quantitative estimate of drug-likeness (QED) is 0.637. The minimum Gasteiger partial charge on any atom is -0.255 e. The molecule has 58 valence electrons. The molecular formula is C7H5F2NS. The number of alkyl halides is 2. The second-order valence-electron chi connectivity index (χ2n) is 1.93.